The first-order valence-corrected chi connectivity index (χ1v) is 6.71. The predicted octanol–water partition coefficient (Wildman–Crippen LogP) is 3.06. The molecule has 1 heterocycles. The average Bonchev–Trinajstić information content (AvgIpc) is 2.75. The van der Waals surface area contributed by atoms with Crippen molar-refractivity contribution in [3.8, 4) is 5.75 Å². The number of para-hydroxylation sites is 1. The van der Waals surface area contributed by atoms with E-state index in [1.807, 2.05) is 24.3 Å². The molecule has 0 aromatic heterocycles. The van der Waals surface area contributed by atoms with Crippen molar-refractivity contribution in [3.63, 3.8) is 0 Å². The van der Waals surface area contributed by atoms with Crippen molar-refractivity contribution < 1.29 is 14.3 Å². The average molecular weight is 258 g/mol. The summed E-state index contributed by atoms with van der Waals surface area (Å²) in [5.41, 5.74) is 0.386. The maximum atomic E-state index is 12.2. The summed E-state index contributed by atoms with van der Waals surface area (Å²) in [5, 5.41) is 0. The Morgan fingerprint density at radius 1 is 1.42 bits per heavy atom. The first kappa shape index (κ1) is 12.3. The van der Waals surface area contributed by atoms with Crippen LogP contribution in [0.15, 0.2) is 36.4 Å². The number of benzene rings is 1. The van der Waals surface area contributed by atoms with E-state index in [1.165, 1.54) is 7.11 Å². The van der Waals surface area contributed by atoms with Gasteiger partial charge in [-0.1, -0.05) is 31.2 Å². The van der Waals surface area contributed by atoms with Gasteiger partial charge in [-0.15, -0.1) is 0 Å². The highest BCUT2D eigenvalue weighted by Crippen LogP contribution is 2.50. The van der Waals surface area contributed by atoms with E-state index in [2.05, 4.69) is 19.1 Å². The molecule has 0 unspecified atom stereocenters. The summed E-state index contributed by atoms with van der Waals surface area (Å²) in [5.74, 6) is 0.773. The minimum Gasteiger partial charge on any atom is -0.482 e. The van der Waals surface area contributed by atoms with Crippen LogP contribution in [0.4, 0.5) is 0 Å². The van der Waals surface area contributed by atoms with Gasteiger partial charge < -0.3 is 9.47 Å². The maximum Gasteiger partial charge on any atom is 0.317 e. The van der Waals surface area contributed by atoms with Gasteiger partial charge in [0, 0.05) is 5.56 Å². The second-order valence-electron chi connectivity index (χ2n) is 5.43. The summed E-state index contributed by atoms with van der Waals surface area (Å²) >= 11 is 0. The molecule has 3 nitrogen and oxygen atoms in total. The quantitative estimate of drug-likeness (QED) is 0.573. The SMILES string of the molecule is COC(=O)[C@H]1c2ccccc2O[C@]12C=C[C@@H](C)CC2. The van der Waals surface area contributed by atoms with Crippen LogP contribution in [0.2, 0.25) is 0 Å². The van der Waals surface area contributed by atoms with Gasteiger partial charge in [0.15, 0.2) is 0 Å². The number of fused-ring (bicyclic) bond motifs is 1. The molecule has 3 atom stereocenters. The second-order valence-corrected chi connectivity index (χ2v) is 5.43. The van der Waals surface area contributed by atoms with Gasteiger partial charge in [0.1, 0.15) is 17.3 Å². The lowest BCUT2D eigenvalue weighted by molar-refractivity contribution is -0.145. The summed E-state index contributed by atoms with van der Waals surface area (Å²) in [6.07, 6.45) is 6.07. The van der Waals surface area contributed by atoms with E-state index in [4.69, 9.17) is 9.47 Å². The molecule has 0 saturated heterocycles. The molecule has 1 spiro atoms. The molecule has 3 heteroatoms. The summed E-state index contributed by atoms with van der Waals surface area (Å²) < 4.78 is 11.1. The van der Waals surface area contributed by atoms with Crippen molar-refractivity contribution in [1.29, 1.82) is 0 Å². The zero-order valence-electron chi connectivity index (χ0n) is 11.3. The van der Waals surface area contributed by atoms with Gasteiger partial charge in [0.05, 0.1) is 7.11 Å². The van der Waals surface area contributed by atoms with E-state index in [0.29, 0.717) is 5.92 Å². The van der Waals surface area contributed by atoms with Crippen LogP contribution in [0.25, 0.3) is 0 Å². The number of hydrogen-bond donors (Lipinski definition) is 0. The number of carbonyl (C=O) groups excluding carboxylic acids is 1. The Kier molecular flexibility index (Phi) is 2.85. The van der Waals surface area contributed by atoms with E-state index in [-0.39, 0.29) is 11.9 Å². The molecular weight excluding hydrogens is 240 g/mol. The largest absolute Gasteiger partial charge is 0.482 e. The van der Waals surface area contributed by atoms with E-state index in [1.54, 1.807) is 0 Å². The Labute approximate surface area is 113 Å². The molecule has 1 aromatic carbocycles. The van der Waals surface area contributed by atoms with Crippen molar-refractivity contribution >= 4 is 5.97 Å². The lowest BCUT2D eigenvalue weighted by atomic mass is 9.76. The molecule has 0 radical (unpaired) electrons. The number of ether oxygens (including phenoxy) is 2. The maximum absolute atomic E-state index is 12.2. The first-order chi connectivity index (χ1) is 9.16. The normalized spacial score (nSPS) is 31.9. The van der Waals surface area contributed by atoms with E-state index >= 15 is 0 Å². The van der Waals surface area contributed by atoms with Crippen molar-refractivity contribution in [3.05, 3.63) is 42.0 Å². The van der Waals surface area contributed by atoms with Gasteiger partial charge in [0.25, 0.3) is 0 Å². The lowest BCUT2D eigenvalue weighted by Gasteiger charge is -2.34. The van der Waals surface area contributed by atoms with Crippen molar-refractivity contribution in [2.45, 2.75) is 31.3 Å². The van der Waals surface area contributed by atoms with Crippen molar-refractivity contribution in [2.24, 2.45) is 5.92 Å². The molecule has 100 valence electrons. The van der Waals surface area contributed by atoms with E-state index in [0.717, 1.165) is 24.2 Å². The fourth-order valence-corrected chi connectivity index (χ4v) is 3.07. The smallest absolute Gasteiger partial charge is 0.317 e. The fraction of sp³-hybridized carbons (Fsp3) is 0.438. The van der Waals surface area contributed by atoms with Gasteiger partial charge in [-0.2, -0.15) is 0 Å². The highest BCUT2D eigenvalue weighted by Gasteiger charge is 2.52. The second kappa shape index (κ2) is 4.41. The third-order valence-corrected chi connectivity index (χ3v) is 4.15. The van der Waals surface area contributed by atoms with Gasteiger partial charge in [-0.3, -0.25) is 4.79 Å². The Morgan fingerprint density at radius 2 is 2.21 bits per heavy atom. The van der Waals surface area contributed by atoms with Crippen LogP contribution in [0.1, 0.15) is 31.2 Å². The monoisotopic (exact) mass is 258 g/mol. The molecule has 19 heavy (non-hydrogen) atoms. The molecule has 0 fully saturated rings. The number of esters is 1. The summed E-state index contributed by atoms with van der Waals surface area (Å²) in [6, 6.07) is 7.75. The molecule has 0 amide bonds. The molecule has 1 aromatic rings. The van der Waals surface area contributed by atoms with Gasteiger partial charge in [-0.25, -0.2) is 0 Å². The number of hydrogen-bond acceptors (Lipinski definition) is 3. The first-order valence-electron chi connectivity index (χ1n) is 6.71. The molecule has 1 aliphatic heterocycles. The number of rotatable bonds is 1. The zero-order chi connectivity index (χ0) is 13.5. The molecule has 0 N–H and O–H groups in total. The van der Waals surface area contributed by atoms with Crippen LogP contribution in [-0.2, 0) is 9.53 Å². The van der Waals surface area contributed by atoms with Gasteiger partial charge in [-0.05, 0) is 30.9 Å². The molecule has 3 rings (SSSR count). The van der Waals surface area contributed by atoms with Crippen LogP contribution < -0.4 is 4.74 Å². The van der Waals surface area contributed by atoms with Crippen molar-refractivity contribution in [1.82, 2.24) is 0 Å². The standard InChI is InChI=1S/C16H18O3/c1-11-7-9-16(10-8-11)14(15(17)18-2)12-5-3-4-6-13(12)19-16/h3-7,9,11,14H,8,10H2,1-2H3/t11-,14-,16+/m1/s1. The minimum atomic E-state index is -0.552. The van der Waals surface area contributed by atoms with Gasteiger partial charge >= 0.3 is 5.97 Å². The predicted molar refractivity (Wildman–Crippen MR) is 72.1 cm³/mol. The number of methoxy groups -OCH3 is 1. The molecule has 0 saturated carbocycles. The van der Waals surface area contributed by atoms with Crippen LogP contribution in [0.3, 0.4) is 0 Å². The topological polar surface area (TPSA) is 35.5 Å². The zero-order valence-corrected chi connectivity index (χ0v) is 11.3. The summed E-state index contributed by atoms with van der Waals surface area (Å²) in [6.45, 7) is 2.18. The number of carbonyl (C=O) groups is 1. The molecule has 0 bridgehead atoms. The molecule has 2 aliphatic rings. The minimum absolute atomic E-state index is 0.218. The third-order valence-electron chi connectivity index (χ3n) is 4.15. The number of allylic oxidation sites excluding steroid dienone is 1. The Balaban J connectivity index is 2.07. The van der Waals surface area contributed by atoms with Crippen LogP contribution in [0.5, 0.6) is 5.75 Å². The molecular formula is C16H18O3. The highest BCUT2D eigenvalue weighted by atomic mass is 16.5. The van der Waals surface area contributed by atoms with Crippen LogP contribution >= 0.6 is 0 Å². The Morgan fingerprint density at radius 3 is 2.89 bits per heavy atom. The van der Waals surface area contributed by atoms with Crippen molar-refractivity contribution in [2.75, 3.05) is 7.11 Å². The fourth-order valence-electron chi connectivity index (χ4n) is 3.07. The van der Waals surface area contributed by atoms with Crippen LogP contribution in [0, 0.1) is 5.92 Å². The van der Waals surface area contributed by atoms with E-state index < -0.39 is 5.60 Å². The van der Waals surface area contributed by atoms with Gasteiger partial charge in [0.2, 0.25) is 0 Å². The molecule has 1 aliphatic carbocycles. The van der Waals surface area contributed by atoms with Crippen LogP contribution in [-0.4, -0.2) is 18.7 Å². The highest BCUT2D eigenvalue weighted by molar-refractivity contribution is 5.83. The van der Waals surface area contributed by atoms with E-state index in [9.17, 15) is 4.79 Å². The Bertz CT molecular complexity index is 535. The Hall–Kier alpha value is -1.77. The third kappa shape index (κ3) is 1.84. The lowest BCUT2D eigenvalue weighted by Crippen LogP contribution is -2.42. The summed E-state index contributed by atoms with van der Waals surface area (Å²) in [4.78, 5) is 12.2. The summed E-state index contributed by atoms with van der Waals surface area (Å²) in [7, 11) is 1.44.